The number of aromatic nitrogens is 2. The summed E-state index contributed by atoms with van der Waals surface area (Å²) >= 11 is 0. The summed E-state index contributed by atoms with van der Waals surface area (Å²) in [5.41, 5.74) is 5.31. The summed E-state index contributed by atoms with van der Waals surface area (Å²) in [5.74, 6) is 0.867. The Labute approximate surface area is 89.4 Å². The van der Waals surface area contributed by atoms with Gasteiger partial charge in [0.25, 0.3) is 0 Å². The Bertz CT molecular complexity index is 293. The summed E-state index contributed by atoms with van der Waals surface area (Å²) in [6, 6.07) is 0.554. The second kappa shape index (κ2) is 5.00. The van der Waals surface area contributed by atoms with Crippen LogP contribution in [0.4, 0.5) is 12.0 Å². The fourth-order valence-electron chi connectivity index (χ4n) is 2.17. The third-order valence-corrected chi connectivity index (χ3v) is 2.99. The molecule has 0 bridgehead atoms. The lowest BCUT2D eigenvalue weighted by Gasteiger charge is -2.21. The molecule has 1 aromatic heterocycles. The molecule has 0 atom stereocenters. The fourth-order valence-corrected chi connectivity index (χ4v) is 2.17. The van der Waals surface area contributed by atoms with Crippen molar-refractivity contribution in [1.82, 2.24) is 10.2 Å². The average molecular weight is 210 g/mol. The maximum absolute atomic E-state index is 5.31. The van der Waals surface area contributed by atoms with Crippen LogP contribution in [0.2, 0.25) is 0 Å². The van der Waals surface area contributed by atoms with Crippen molar-refractivity contribution in [3.05, 3.63) is 0 Å². The van der Waals surface area contributed by atoms with E-state index in [1.807, 2.05) is 0 Å². The molecule has 0 unspecified atom stereocenters. The van der Waals surface area contributed by atoms with E-state index in [0.717, 1.165) is 12.5 Å². The maximum Gasteiger partial charge on any atom is 0.316 e. The topological polar surface area (TPSA) is 77.0 Å². The van der Waals surface area contributed by atoms with E-state index in [9.17, 15) is 0 Å². The summed E-state index contributed by atoms with van der Waals surface area (Å²) in [4.78, 5) is 0. The van der Waals surface area contributed by atoms with Crippen LogP contribution in [0.3, 0.4) is 0 Å². The van der Waals surface area contributed by atoms with Gasteiger partial charge in [-0.05, 0) is 12.3 Å². The number of hydrogen-bond acceptors (Lipinski definition) is 5. The first kappa shape index (κ1) is 10.3. The molecule has 0 amide bonds. The molecule has 0 aromatic carbocycles. The predicted molar refractivity (Wildman–Crippen MR) is 58.4 cm³/mol. The van der Waals surface area contributed by atoms with Gasteiger partial charge in [-0.3, -0.25) is 0 Å². The minimum Gasteiger partial charge on any atom is -0.390 e. The van der Waals surface area contributed by atoms with E-state index >= 15 is 0 Å². The van der Waals surface area contributed by atoms with Crippen LogP contribution < -0.4 is 11.1 Å². The van der Waals surface area contributed by atoms with E-state index in [2.05, 4.69) is 15.5 Å². The number of nitrogens with zero attached hydrogens (tertiary/aromatic N) is 2. The molecular weight excluding hydrogens is 192 g/mol. The van der Waals surface area contributed by atoms with Gasteiger partial charge in [-0.2, -0.15) is 0 Å². The van der Waals surface area contributed by atoms with Crippen LogP contribution in [-0.4, -0.2) is 16.7 Å². The summed E-state index contributed by atoms with van der Waals surface area (Å²) in [6.45, 7) is 0.895. The third kappa shape index (κ3) is 3.11. The molecule has 1 aliphatic carbocycles. The van der Waals surface area contributed by atoms with Gasteiger partial charge >= 0.3 is 12.0 Å². The van der Waals surface area contributed by atoms with E-state index in [0.29, 0.717) is 6.01 Å². The first-order valence-electron chi connectivity index (χ1n) is 5.67. The minimum atomic E-state index is 0.121. The van der Waals surface area contributed by atoms with Gasteiger partial charge < -0.3 is 15.5 Å². The predicted octanol–water partition coefficient (Wildman–Crippen LogP) is 2.03. The van der Waals surface area contributed by atoms with E-state index in [-0.39, 0.29) is 6.01 Å². The normalized spacial score (nSPS) is 17.9. The average Bonchev–Trinajstić information content (AvgIpc) is 2.66. The summed E-state index contributed by atoms with van der Waals surface area (Å²) in [7, 11) is 0. The highest BCUT2D eigenvalue weighted by Crippen LogP contribution is 2.26. The van der Waals surface area contributed by atoms with Gasteiger partial charge in [0.1, 0.15) is 0 Å². The van der Waals surface area contributed by atoms with Crippen molar-refractivity contribution in [2.24, 2.45) is 5.92 Å². The molecular formula is C10H18N4O. The Morgan fingerprint density at radius 1 is 1.27 bits per heavy atom. The number of rotatable bonds is 4. The Kier molecular flexibility index (Phi) is 3.42. The van der Waals surface area contributed by atoms with E-state index in [4.69, 9.17) is 10.2 Å². The van der Waals surface area contributed by atoms with Crippen molar-refractivity contribution < 1.29 is 4.42 Å². The van der Waals surface area contributed by atoms with Crippen molar-refractivity contribution in [3.8, 4) is 0 Å². The van der Waals surface area contributed by atoms with Gasteiger partial charge in [0.05, 0.1) is 0 Å². The van der Waals surface area contributed by atoms with Gasteiger partial charge in [-0.25, -0.2) is 0 Å². The number of hydrogen-bond donors (Lipinski definition) is 2. The molecule has 5 nitrogen and oxygen atoms in total. The number of anilines is 2. The zero-order chi connectivity index (χ0) is 10.5. The monoisotopic (exact) mass is 210 g/mol. The van der Waals surface area contributed by atoms with E-state index < -0.39 is 0 Å². The summed E-state index contributed by atoms with van der Waals surface area (Å²) < 4.78 is 5.02. The number of nitrogens with one attached hydrogen (secondary N) is 1. The Balaban J connectivity index is 1.65. The zero-order valence-corrected chi connectivity index (χ0v) is 8.91. The quantitative estimate of drug-likeness (QED) is 0.795. The molecule has 1 fully saturated rings. The zero-order valence-electron chi connectivity index (χ0n) is 8.91. The lowest BCUT2D eigenvalue weighted by atomic mass is 9.87. The molecule has 1 heterocycles. The van der Waals surface area contributed by atoms with Crippen molar-refractivity contribution in [1.29, 1.82) is 0 Å². The van der Waals surface area contributed by atoms with Gasteiger partial charge in [0.15, 0.2) is 0 Å². The van der Waals surface area contributed by atoms with Crippen LogP contribution in [0.5, 0.6) is 0 Å². The number of nitrogen functional groups attached to an aromatic ring is 1. The molecule has 1 aromatic rings. The van der Waals surface area contributed by atoms with Crippen molar-refractivity contribution in [2.75, 3.05) is 17.6 Å². The lowest BCUT2D eigenvalue weighted by molar-refractivity contribution is 0.345. The SMILES string of the molecule is Nc1nnc(NCCC2CCCCC2)o1. The lowest BCUT2D eigenvalue weighted by Crippen LogP contribution is -2.12. The maximum atomic E-state index is 5.31. The van der Waals surface area contributed by atoms with Crippen LogP contribution in [-0.2, 0) is 0 Å². The number of nitrogens with two attached hydrogens (primary N) is 1. The smallest absolute Gasteiger partial charge is 0.316 e. The molecule has 15 heavy (non-hydrogen) atoms. The second-order valence-electron chi connectivity index (χ2n) is 4.16. The van der Waals surface area contributed by atoms with Crippen molar-refractivity contribution in [3.63, 3.8) is 0 Å². The molecule has 5 heteroatoms. The van der Waals surface area contributed by atoms with Crippen LogP contribution in [0.1, 0.15) is 38.5 Å². The van der Waals surface area contributed by atoms with E-state index in [1.54, 1.807) is 0 Å². The molecule has 0 radical (unpaired) electrons. The highest BCUT2D eigenvalue weighted by atomic mass is 16.4. The molecule has 0 aliphatic heterocycles. The van der Waals surface area contributed by atoms with Crippen LogP contribution >= 0.6 is 0 Å². The third-order valence-electron chi connectivity index (χ3n) is 2.99. The molecule has 0 saturated heterocycles. The van der Waals surface area contributed by atoms with Crippen molar-refractivity contribution >= 4 is 12.0 Å². The van der Waals surface area contributed by atoms with Gasteiger partial charge in [0, 0.05) is 6.54 Å². The van der Waals surface area contributed by atoms with Crippen LogP contribution in [0, 0.1) is 5.92 Å². The first-order valence-corrected chi connectivity index (χ1v) is 5.67. The highest BCUT2D eigenvalue weighted by Gasteiger charge is 2.13. The fraction of sp³-hybridized carbons (Fsp3) is 0.800. The minimum absolute atomic E-state index is 0.121. The summed E-state index contributed by atoms with van der Waals surface area (Å²) in [6.07, 6.45) is 8.10. The molecule has 2 rings (SSSR count). The Morgan fingerprint density at radius 3 is 2.73 bits per heavy atom. The standard InChI is InChI=1S/C10H18N4O/c11-9-13-14-10(15-9)12-7-6-8-4-2-1-3-5-8/h8H,1-7H2,(H2,11,13)(H,12,14). The van der Waals surface area contributed by atoms with E-state index in [1.165, 1.54) is 38.5 Å². The molecule has 84 valence electrons. The van der Waals surface area contributed by atoms with Gasteiger partial charge in [0.2, 0.25) is 0 Å². The first-order chi connectivity index (χ1) is 7.34. The highest BCUT2D eigenvalue weighted by molar-refractivity contribution is 5.22. The second-order valence-corrected chi connectivity index (χ2v) is 4.16. The van der Waals surface area contributed by atoms with Crippen LogP contribution in [0.15, 0.2) is 4.42 Å². The largest absolute Gasteiger partial charge is 0.390 e. The van der Waals surface area contributed by atoms with Crippen molar-refractivity contribution in [2.45, 2.75) is 38.5 Å². The van der Waals surface area contributed by atoms with Crippen LogP contribution in [0.25, 0.3) is 0 Å². The summed E-state index contributed by atoms with van der Waals surface area (Å²) in [5, 5.41) is 10.4. The molecule has 1 saturated carbocycles. The molecule has 3 N–H and O–H groups in total. The molecule has 1 aliphatic rings. The molecule has 0 spiro atoms. The van der Waals surface area contributed by atoms with Gasteiger partial charge in [-0.1, -0.05) is 42.3 Å². The Hall–Kier alpha value is -1.26. The Morgan fingerprint density at radius 2 is 2.07 bits per heavy atom. The van der Waals surface area contributed by atoms with Gasteiger partial charge in [-0.15, -0.1) is 0 Å².